The van der Waals surface area contributed by atoms with Gasteiger partial charge in [0, 0.05) is 31.9 Å². The molecule has 0 bridgehead atoms. The molecule has 96 valence electrons. The Morgan fingerprint density at radius 3 is 2.72 bits per heavy atom. The Bertz CT molecular complexity index is 457. The van der Waals surface area contributed by atoms with Gasteiger partial charge < -0.3 is 9.84 Å². The van der Waals surface area contributed by atoms with Gasteiger partial charge in [-0.1, -0.05) is 6.58 Å². The number of ether oxygens (including phenoxy) is 1. The van der Waals surface area contributed by atoms with Crippen molar-refractivity contribution < 1.29 is 14.6 Å². The fourth-order valence-electron chi connectivity index (χ4n) is 1.20. The van der Waals surface area contributed by atoms with Crippen LogP contribution in [0.3, 0.4) is 0 Å². The van der Waals surface area contributed by atoms with E-state index in [1.54, 1.807) is 26.4 Å². The van der Waals surface area contributed by atoms with Crippen LogP contribution in [0.15, 0.2) is 36.2 Å². The molecule has 1 rings (SSSR count). The minimum Gasteiger partial charge on any atom is -0.479 e. The fourth-order valence-corrected chi connectivity index (χ4v) is 1.20. The fraction of sp³-hybridized carbons (Fsp3) is 0.250. The van der Waals surface area contributed by atoms with Gasteiger partial charge in [0.25, 0.3) is 0 Å². The highest BCUT2D eigenvalue weighted by molar-refractivity contribution is 5.77. The molecule has 0 aromatic carbocycles. The van der Waals surface area contributed by atoms with Crippen molar-refractivity contribution in [3.63, 3.8) is 0 Å². The molecule has 0 atom stereocenters. The van der Waals surface area contributed by atoms with Crippen molar-refractivity contribution in [2.45, 2.75) is 6.92 Å². The first-order valence-corrected chi connectivity index (χ1v) is 5.23. The predicted octanol–water partition coefficient (Wildman–Crippen LogP) is 1.42. The number of aromatic nitrogens is 1. The zero-order chi connectivity index (χ0) is 13.5. The summed E-state index contributed by atoms with van der Waals surface area (Å²) in [5, 5.41) is 14.1. The highest BCUT2D eigenvalue weighted by Gasteiger charge is 2.05. The van der Waals surface area contributed by atoms with E-state index in [1.807, 2.05) is 12.1 Å². The molecule has 0 unspecified atom stereocenters. The monoisotopic (exact) mass is 249 g/mol. The maximum absolute atomic E-state index is 10.3. The molecule has 1 N–H and O–H groups in total. The van der Waals surface area contributed by atoms with Crippen LogP contribution in [0.2, 0.25) is 0 Å². The average Bonchev–Trinajstić information content (AvgIpc) is 2.36. The summed E-state index contributed by atoms with van der Waals surface area (Å²) in [6.45, 7) is 5.06. The Morgan fingerprint density at radius 1 is 1.56 bits per heavy atom. The third kappa shape index (κ3) is 4.25. The Balaban J connectivity index is 2.64. The molecule has 0 aliphatic rings. The molecular formula is C12H15N3O3. The van der Waals surface area contributed by atoms with E-state index < -0.39 is 12.6 Å². The van der Waals surface area contributed by atoms with Crippen molar-refractivity contribution in [2.75, 3.05) is 13.7 Å². The highest BCUT2D eigenvalue weighted by atomic mass is 16.5. The molecule has 0 aliphatic heterocycles. The topological polar surface area (TPSA) is 75.0 Å². The van der Waals surface area contributed by atoms with Gasteiger partial charge >= 0.3 is 5.97 Å². The van der Waals surface area contributed by atoms with E-state index in [2.05, 4.69) is 16.7 Å². The zero-order valence-electron chi connectivity index (χ0n) is 10.3. The number of hydrazone groups is 1. The van der Waals surface area contributed by atoms with Crippen LogP contribution in [0.25, 0.3) is 5.70 Å². The second-order valence-electron chi connectivity index (χ2n) is 3.51. The minimum absolute atomic E-state index is 0.259. The number of rotatable bonds is 5. The molecule has 1 aromatic rings. The molecule has 0 saturated carbocycles. The predicted molar refractivity (Wildman–Crippen MR) is 67.7 cm³/mol. The average molecular weight is 249 g/mol. The Kier molecular flexibility index (Phi) is 4.86. The third-order valence-corrected chi connectivity index (χ3v) is 2.10. The molecule has 1 heterocycles. The first-order chi connectivity index (χ1) is 8.50. The molecule has 6 nitrogen and oxygen atoms in total. The first-order valence-electron chi connectivity index (χ1n) is 5.23. The number of carbonyl (C=O) groups is 1. The summed E-state index contributed by atoms with van der Waals surface area (Å²) in [6.07, 6.45) is 3.32. The maximum Gasteiger partial charge on any atom is 0.341 e. The second-order valence-corrected chi connectivity index (χ2v) is 3.51. The van der Waals surface area contributed by atoms with E-state index >= 15 is 0 Å². The lowest BCUT2D eigenvalue weighted by Crippen LogP contribution is -2.16. The molecular weight excluding hydrogens is 234 g/mol. The van der Waals surface area contributed by atoms with Crippen LogP contribution in [-0.4, -0.2) is 40.6 Å². The number of hydrogen-bond donors (Lipinski definition) is 1. The largest absolute Gasteiger partial charge is 0.479 e. The highest BCUT2D eigenvalue weighted by Crippen LogP contribution is 2.14. The van der Waals surface area contributed by atoms with Crippen LogP contribution in [0.5, 0.6) is 0 Å². The van der Waals surface area contributed by atoms with Crippen LogP contribution in [0, 0.1) is 0 Å². The normalized spacial score (nSPS) is 10.9. The molecule has 0 saturated heterocycles. The van der Waals surface area contributed by atoms with Crippen LogP contribution in [-0.2, 0) is 9.53 Å². The van der Waals surface area contributed by atoms with Crippen molar-refractivity contribution in [3.05, 3.63) is 36.7 Å². The molecule has 18 heavy (non-hydrogen) atoms. The van der Waals surface area contributed by atoms with Gasteiger partial charge in [-0.25, -0.2) is 4.79 Å². The number of carboxylic acid groups (broad SMARTS) is 1. The van der Waals surface area contributed by atoms with Crippen LogP contribution < -0.4 is 0 Å². The van der Waals surface area contributed by atoms with Gasteiger partial charge in [-0.05, 0) is 12.1 Å². The smallest absolute Gasteiger partial charge is 0.341 e. The lowest BCUT2D eigenvalue weighted by Gasteiger charge is -2.16. The van der Waals surface area contributed by atoms with Gasteiger partial charge in [-0.2, -0.15) is 0 Å². The number of nitrogens with zero attached hydrogens (tertiary/aromatic N) is 3. The zero-order valence-corrected chi connectivity index (χ0v) is 10.3. The van der Waals surface area contributed by atoms with Crippen LogP contribution >= 0.6 is 0 Å². The second kappa shape index (κ2) is 6.39. The molecule has 0 aliphatic carbocycles. The SMILES string of the molecule is C=C(c1ccncc1)N(C)/N=C(\C)OCC(=O)O. The number of hydrogen-bond acceptors (Lipinski definition) is 5. The number of carboxylic acids is 1. The Morgan fingerprint density at radius 2 is 2.17 bits per heavy atom. The summed E-state index contributed by atoms with van der Waals surface area (Å²) in [5.74, 6) is -0.782. The van der Waals surface area contributed by atoms with Crippen molar-refractivity contribution in [1.82, 2.24) is 9.99 Å². The lowest BCUT2D eigenvalue weighted by molar-refractivity contribution is -0.139. The standard InChI is InChI=1S/C12H15N3O3/c1-9(11-4-6-13-7-5-11)15(3)14-10(2)18-8-12(16)17/h4-7H,1,8H2,2-3H3,(H,16,17)/b14-10+. The summed E-state index contributed by atoms with van der Waals surface area (Å²) in [7, 11) is 1.70. The van der Waals surface area contributed by atoms with Crippen molar-refractivity contribution in [3.8, 4) is 0 Å². The van der Waals surface area contributed by atoms with E-state index in [0.29, 0.717) is 5.70 Å². The van der Waals surface area contributed by atoms with Gasteiger partial charge in [0.2, 0.25) is 5.90 Å². The summed E-state index contributed by atoms with van der Waals surface area (Å²) in [5.41, 5.74) is 1.54. The third-order valence-electron chi connectivity index (χ3n) is 2.10. The number of pyridine rings is 1. The molecule has 6 heteroatoms. The number of aliphatic carboxylic acids is 1. The summed E-state index contributed by atoms with van der Waals surface area (Å²) < 4.78 is 4.92. The van der Waals surface area contributed by atoms with E-state index in [4.69, 9.17) is 9.84 Å². The molecule has 1 aromatic heterocycles. The van der Waals surface area contributed by atoms with Gasteiger partial charge in [0.1, 0.15) is 0 Å². The Labute approximate surface area is 105 Å². The molecule has 0 spiro atoms. The van der Waals surface area contributed by atoms with Crippen molar-refractivity contribution in [1.29, 1.82) is 0 Å². The van der Waals surface area contributed by atoms with E-state index in [9.17, 15) is 4.79 Å². The van der Waals surface area contributed by atoms with Crippen molar-refractivity contribution >= 4 is 17.6 Å². The van der Waals surface area contributed by atoms with E-state index in [0.717, 1.165) is 5.56 Å². The van der Waals surface area contributed by atoms with Crippen LogP contribution in [0.1, 0.15) is 12.5 Å². The minimum atomic E-state index is -1.04. The quantitative estimate of drug-likeness (QED) is 0.485. The van der Waals surface area contributed by atoms with Crippen LogP contribution in [0.4, 0.5) is 0 Å². The summed E-state index contributed by atoms with van der Waals surface area (Å²) in [4.78, 5) is 14.2. The Hall–Kier alpha value is -2.37. The van der Waals surface area contributed by atoms with Gasteiger partial charge in [0.05, 0.1) is 5.70 Å². The molecule has 0 radical (unpaired) electrons. The molecule has 0 amide bonds. The summed E-state index contributed by atoms with van der Waals surface area (Å²) in [6, 6.07) is 3.61. The van der Waals surface area contributed by atoms with Gasteiger partial charge in [0.15, 0.2) is 6.61 Å². The van der Waals surface area contributed by atoms with Gasteiger partial charge in [-0.15, -0.1) is 5.10 Å². The lowest BCUT2D eigenvalue weighted by atomic mass is 10.2. The van der Waals surface area contributed by atoms with E-state index in [1.165, 1.54) is 5.01 Å². The maximum atomic E-state index is 10.3. The van der Waals surface area contributed by atoms with Gasteiger partial charge in [-0.3, -0.25) is 9.99 Å². The first kappa shape index (κ1) is 13.7. The van der Waals surface area contributed by atoms with Crippen molar-refractivity contribution in [2.24, 2.45) is 5.10 Å². The molecule has 0 fully saturated rings. The van der Waals surface area contributed by atoms with E-state index in [-0.39, 0.29) is 5.90 Å². The summed E-state index contributed by atoms with van der Waals surface area (Å²) >= 11 is 0.